The zero-order chi connectivity index (χ0) is 13.8. The van der Waals surface area contributed by atoms with Crippen molar-refractivity contribution in [3.05, 3.63) is 35.7 Å². The number of benzene rings is 1. The molecule has 0 aliphatic heterocycles. The zero-order valence-corrected chi connectivity index (χ0v) is 10.9. The molecule has 2 rings (SSSR count). The molecule has 6 nitrogen and oxygen atoms in total. The SMILES string of the molecule is COC(=O)c1oc(Nc2ccccc2OC)nc1C. The summed E-state index contributed by atoms with van der Waals surface area (Å²) in [6.45, 7) is 1.67. The van der Waals surface area contributed by atoms with Gasteiger partial charge in [0, 0.05) is 0 Å². The van der Waals surface area contributed by atoms with Gasteiger partial charge in [-0.3, -0.25) is 0 Å². The van der Waals surface area contributed by atoms with Gasteiger partial charge in [0.15, 0.2) is 0 Å². The number of oxazole rings is 1. The minimum absolute atomic E-state index is 0.0832. The molecule has 1 heterocycles. The lowest BCUT2D eigenvalue weighted by atomic mass is 10.3. The Hall–Kier alpha value is -2.50. The van der Waals surface area contributed by atoms with Crippen LogP contribution < -0.4 is 10.1 Å². The summed E-state index contributed by atoms with van der Waals surface area (Å²) in [4.78, 5) is 15.5. The molecule has 0 radical (unpaired) electrons. The molecule has 0 aliphatic carbocycles. The van der Waals surface area contributed by atoms with Crippen LogP contribution in [0.3, 0.4) is 0 Å². The van der Waals surface area contributed by atoms with Crippen molar-refractivity contribution in [2.24, 2.45) is 0 Å². The molecule has 1 aromatic carbocycles. The van der Waals surface area contributed by atoms with E-state index in [0.717, 1.165) is 0 Å². The smallest absolute Gasteiger partial charge is 0.376 e. The highest BCUT2D eigenvalue weighted by molar-refractivity contribution is 5.87. The maximum absolute atomic E-state index is 11.4. The summed E-state index contributed by atoms with van der Waals surface area (Å²) >= 11 is 0. The van der Waals surface area contributed by atoms with Gasteiger partial charge in [0.1, 0.15) is 5.75 Å². The molecule has 0 saturated carbocycles. The summed E-state index contributed by atoms with van der Waals surface area (Å²) in [5.41, 5.74) is 1.16. The van der Waals surface area contributed by atoms with E-state index in [-0.39, 0.29) is 11.8 Å². The number of para-hydroxylation sites is 2. The lowest BCUT2D eigenvalue weighted by molar-refractivity contribution is 0.0565. The molecule has 1 aromatic heterocycles. The molecule has 100 valence electrons. The topological polar surface area (TPSA) is 73.6 Å². The van der Waals surface area contributed by atoms with Gasteiger partial charge in [-0.05, 0) is 19.1 Å². The Labute approximate surface area is 110 Å². The first kappa shape index (κ1) is 12.9. The van der Waals surface area contributed by atoms with Gasteiger partial charge in [-0.15, -0.1) is 0 Å². The number of carbonyl (C=O) groups is 1. The van der Waals surface area contributed by atoms with Crippen LogP contribution in [0.15, 0.2) is 28.7 Å². The third-order valence-corrected chi connectivity index (χ3v) is 2.52. The maximum Gasteiger partial charge on any atom is 0.376 e. The highest BCUT2D eigenvalue weighted by Crippen LogP contribution is 2.27. The first-order chi connectivity index (χ1) is 9.15. The fourth-order valence-corrected chi connectivity index (χ4v) is 1.60. The lowest BCUT2D eigenvalue weighted by Gasteiger charge is -2.07. The zero-order valence-electron chi connectivity index (χ0n) is 10.9. The summed E-state index contributed by atoms with van der Waals surface area (Å²) < 4.78 is 15.1. The van der Waals surface area contributed by atoms with Gasteiger partial charge in [-0.2, -0.15) is 4.98 Å². The molecular formula is C13H14N2O4. The van der Waals surface area contributed by atoms with Crippen molar-refractivity contribution in [2.75, 3.05) is 19.5 Å². The third kappa shape index (κ3) is 2.67. The number of aryl methyl sites for hydroxylation is 1. The van der Waals surface area contributed by atoms with Gasteiger partial charge in [-0.25, -0.2) is 4.79 Å². The summed E-state index contributed by atoms with van der Waals surface area (Å²) in [7, 11) is 2.86. The highest BCUT2D eigenvalue weighted by Gasteiger charge is 2.18. The molecule has 19 heavy (non-hydrogen) atoms. The van der Waals surface area contributed by atoms with E-state index in [9.17, 15) is 4.79 Å². The number of rotatable bonds is 4. The summed E-state index contributed by atoms with van der Waals surface area (Å²) in [6.07, 6.45) is 0. The molecule has 1 N–H and O–H groups in total. The molecule has 0 atom stereocenters. The molecule has 0 fully saturated rings. The largest absolute Gasteiger partial charge is 0.495 e. The number of ether oxygens (including phenoxy) is 2. The van der Waals surface area contributed by atoms with Crippen LogP contribution >= 0.6 is 0 Å². The van der Waals surface area contributed by atoms with Gasteiger partial charge < -0.3 is 19.2 Å². The average Bonchev–Trinajstić information content (AvgIpc) is 2.79. The summed E-state index contributed by atoms with van der Waals surface area (Å²) in [6, 6.07) is 7.53. The fourth-order valence-electron chi connectivity index (χ4n) is 1.60. The summed E-state index contributed by atoms with van der Waals surface area (Å²) in [5.74, 6) is 0.177. The van der Waals surface area contributed by atoms with E-state index >= 15 is 0 Å². The van der Waals surface area contributed by atoms with Crippen LogP contribution in [0.2, 0.25) is 0 Å². The van der Waals surface area contributed by atoms with Gasteiger partial charge in [0.25, 0.3) is 6.01 Å². The first-order valence-electron chi connectivity index (χ1n) is 5.61. The highest BCUT2D eigenvalue weighted by atomic mass is 16.5. The third-order valence-electron chi connectivity index (χ3n) is 2.52. The van der Waals surface area contributed by atoms with Crippen LogP contribution in [0.1, 0.15) is 16.2 Å². The number of carbonyl (C=O) groups excluding carboxylic acids is 1. The number of esters is 1. The molecule has 0 bridgehead atoms. The number of hydrogen-bond donors (Lipinski definition) is 1. The predicted molar refractivity (Wildman–Crippen MR) is 68.9 cm³/mol. The lowest BCUT2D eigenvalue weighted by Crippen LogP contribution is -2.00. The molecule has 0 unspecified atom stereocenters. The molecule has 6 heteroatoms. The minimum Gasteiger partial charge on any atom is -0.495 e. The Balaban J connectivity index is 2.27. The van der Waals surface area contributed by atoms with Gasteiger partial charge >= 0.3 is 5.97 Å². The Morgan fingerprint density at radius 1 is 1.32 bits per heavy atom. The number of anilines is 2. The van der Waals surface area contributed by atoms with E-state index in [1.165, 1.54) is 7.11 Å². The second-order valence-corrected chi connectivity index (χ2v) is 3.75. The molecule has 0 amide bonds. The number of methoxy groups -OCH3 is 2. The molecule has 0 saturated heterocycles. The van der Waals surface area contributed by atoms with Crippen molar-refractivity contribution in [2.45, 2.75) is 6.92 Å². The Morgan fingerprint density at radius 3 is 2.74 bits per heavy atom. The van der Waals surface area contributed by atoms with Crippen molar-refractivity contribution in [1.82, 2.24) is 4.98 Å². The van der Waals surface area contributed by atoms with Gasteiger partial charge in [-0.1, -0.05) is 12.1 Å². The van der Waals surface area contributed by atoms with E-state index in [1.54, 1.807) is 20.1 Å². The van der Waals surface area contributed by atoms with Crippen molar-refractivity contribution in [3.8, 4) is 5.75 Å². The first-order valence-corrected chi connectivity index (χ1v) is 5.61. The van der Waals surface area contributed by atoms with Gasteiger partial charge in [0.05, 0.1) is 25.6 Å². The fraction of sp³-hybridized carbons (Fsp3) is 0.231. The van der Waals surface area contributed by atoms with Crippen molar-refractivity contribution >= 4 is 17.7 Å². The number of nitrogens with one attached hydrogen (secondary N) is 1. The van der Waals surface area contributed by atoms with E-state index < -0.39 is 5.97 Å². The summed E-state index contributed by atoms with van der Waals surface area (Å²) in [5, 5.41) is 2.95. The maximum atomic E-state index is 11.4. The van der Waals surface area contributed by atoms with Crippen LogP contribution in [-0.4, -0.2) is 25.2 Å². The molecule has 0 aliphatic rings. The normalized spacial score (nSPS) is 10.1. The van der Waals surface area contributed by atoms with Crippen LogP contribution in [0.5, 0.6) is 5.75 Å². The van der Waals surface area contributed by atoms with Crippen LogP contribution in [0.4, 0.5) is 11.7 Å². The van der Waals surface area contributed by atoms with Crippen molar-refractivity contribution in [1.29, 1.82) is 0 Å². The van der Waals surface area contributed by atoms with Crippen LogP contribution in [-0.2, 0) is 4.74 Å². The molecule has 2 aromatic rings. The van der Waals surface area contributed by atoms with E-state index in [4.69, 9.17) is 9.15 Å². The standard InChI is InChI=1S/C13H14N2O4/c1-8-11(12(16)18-3)19-13(14-8)15-9-6-4-5-7-10(9)17-2/h4-7H,1-3H3,(H,14,15). The van der Waals surface area contributed by atoms with E-state index in [0.29, 0.717) is 17.1 Å². The predicted octanol–water partition coefficient (Wildman–Crippen LogP) is 2.52. The Bertz CT molecular complexity index is 592. The molecular weight excluding hydrogens is 248 g/mol. The minimum atomic E-state index is -0.557. The second-order valence-electron chi connectivity index (χ2n) is 3.75. The average molecular weight is 262 g/mol. The Kier molecular flexibility index (Phi) is 3.70. The quantitative estimate of drug-likeness (QED) is 0.853. The van der Waals surface area contributed by atoms with Gasteiger partial charge in [0.2, 0.25) is 5.76 Å². The van der Waals surface area contributed by atoms with Crippen LogP contribution in [0.25, 0.3) is 0 Å². The van der Waals surface area contributed by atoms with Crippen molar-refractivity contribution < 1.29 is 18.7 Å². The second kappa shape index (κ2) is 5.43. The number of nitrogens with zero attached hydrogens (tertiary/aromatic N) is 1. The van der Waals surface area contributed by atoms with Crippen LogP contribution in [0, 0.1) is 6.92 Å². The van der Waals surface area contributed by atoms with E-state index in [1.807, 2.05) is 18.2 Å². The van der Waals surface area contributed by atoms with Crippen molar-refractivity contribution in [3.63, 3.8) is 0 Å². The monoisotopic (exact) mass is 262 g/mol. The molecule has 0 spiro atoms. The Morgan fingerprint density at radius 2 is 2.05 bits per heavy atom. The number of aromatic nitrogens is 1. The van der Waals surface area contributed by atoms with E-state index in [2.05, 4.69) is 15.0 Å². The number of hydrogen-bond acceptors (Lipinski definition) is 6.